The third kappa shape index (κ3) is 7.48. The van der Waals surface area contributed by atoms with Crippen molar-refractivity contribution in [3.63, 3.8) is 0 Å². The number of ether oxygens (including phenoxy) is 1. The molecule has 1 aromatic carbocycles. The summed E-state index contributed by atoms with van der Waals surface area (Å²) in [5.74, 6) is -3.57. The SMILES string of the molecule is Cc1nc2cccc(F)c2nc1O[C@@H]1C[C@H]2C(=O)N[C@]3(C(=O)NS(=O)(=O)C4CC4)C[C@H]3C=CCCCCC[C@H](NC(=O)c3cc(C)n(C)n3)C(=O)N2C1. The zero-order valence-electron chi connectivity index (χ0n) is 29.8. The van der Waals surface area contributed by atoms with Gasteiger partial charge in [0.05, 0.1) is 17.3 Å². The number of hydrogen-bond acceptors (Lipinski definition) is 10. The molecular weight excluding hydrogens is 708 g/mol. The van der Waals surface area contributed by atoms with E-state index in [1.54, 1.807) is 37.7 Å². The van der Waals surface area contributed by atoms with Crippen LogP contribution in [0.2, 0.25) is 0 Å². The summed E-state index contributed by atoms with van der Waals surface area (Å²) in [6, 6.07) is 3.83. The Morgan fingerprint density at radius 1 is 1.09 bits per heavy atom. The number of benzene rings is 1. The third-order valence-corrected chi connectivity index (χ3v) is 12.4. The van der Waals surface area contributed by atoms with Crippen LogP contribution < -0.4 is 20.1 Å². The average Bonchev–Trinajstić information content (AvgIpc) is 4.01. The first kappa shape index (κ1) is 36.4. The summed E-state index contributed by atoms with van der Waals surface area (Å²) in [6.45, 7) is 3.36. The molecule has 0 radical (unpaired) electrons. The number of halogens is 1. The number of aryl methyl sites for hydroxylation is 3. The summed E-state index contributed by atoms with van der Waals surface area (Å²) in [7, 11) is -2.21. The Morgan fingerprint density at radius 3 is 2.62 bits per heavy atom. The van der Waals surface area contributed by atoms with Gasteiger partial charge >= 0.3 is 0 Å². The summed E-state index contributed by atoms with van der Waals surface area (Å²) < 4.78 is 50.3. The van der Waals surface area contributed by atoms with Crippen molar-refractivity contribution in [1.29, 1.82) is 0 Å². The first-order chi connectivity index (χ1) is 25.3. The third-order valence-electron chi connectivity index (χ3n) is 10.5. The number of sulfonamides is 1. The molecule has 15 nitrogen and oxygen atoms in total. The number of carbonyl (C=O) groups is 4. The zero-order chi connectivity index (χ0) is 37.7. The monoisotopic (exact) mass is 750 g/mol. The molecule has 3 N–H and O–H groups in total. The highest BCUT2D eigenvalue weighted by molar-refractivity contribution is 7.91. The van der Waals surface area contributed by atoms with Crippen LogP contribution in [-0.4, -0.2) is 92.2 Å². The van der Waals surface area contributed by atoms with Gasteiger partial charge in [0, 0.05) is 25.1 Å². The largest absolute Gasteiger partial charge is 0.471 e. The topological polar surface area (TPSA) is 195 Å². The van der Waals surface area contributed by atoms with Gasteiger partial charge in [0.25, 0.3) is 11.8 Å². The summed E-state index contributed by atoms with van der Waals surface area (Å²) in [5.41, 5.74) is 0.0727. The number of nitrogens with zero attached hydrogens (tertiary/aromatic N) is 5. The molecular formula is C36H43FN8O7S. The van der Waals surface area contributed by atoms with Crippen molar-refractivity contribution in [1.82, 2.24) is 40.0 Å². The lowest BCUT2D eigenvalue weighted by Crippen LogP contribution is -2.58. The smallest absolute Gasteiger partial charge is 0.272 e. The van der Waals surface area contributed by atoms with Gasteiger partial charge in [-0.25, -0.2) is 22.8 Å². The molecule has 2 aromatic heterocycles. The number of hydrogen-bond donors (Lipinski definition) is 3. The Hall–Kier alpha value is -4.93. The molecule has 1 saturated heterocycles. The molecule has 2 aliphatic carbocycles. The van der Waals surface area contributed by atoms with E-state index in [0.717, 1.165) is 18.5 Å². The first-order valence-electron chi connectivity index (χ1n) is 18.0. The van der Waals surface area contributed by atoms with E-state index < -0.39 is 74.4 Å². The number of para-hydroxylation sites is 1. The number of nitrogens with one attached hydrogen (secondary N) is 3. The number of amides is 4. The Bertz CT molecular complexity index is 2100. The molecule has 53 heavy (non-hydrogen) atoms. The van der Waals surface area contributed by atoms with E-state index in [9.17, 15) is 32.0 Å². The maximum Gasteiger partial charge on any atom is 0.272 e. The molecule has 17 heteroatoms. The van der Waals surface area contributed by atoms with Gasteiger partial charge in [-0.15, -0.1) is 0 Å². The van der Waals surface area contributed by atoms with Gasteiger partial charge in [-0.2, -0.15) is 5.10 Å². The summed E-state index contributed by atoms with van der Waals surface area (Å²) in [5, 5.41) is 9.29. The fourth-order valence-corrected chi connectivity index (χ4v) is 8.50. The molecule has 7 rings (SSSR count). The lowest BCUT2D eigenvalue weighted by molar-refractivity contribution is -0.141. The Morgan fingerprint density at radius 2 is 1.89 bits per heavy atom. The van der Waals surface area contributed by atoms with Crippen LogP contribution in [0.5, 0.6) is 5.88 Å². The van der Waals surface area contributed by atoms with Gasteiger partial charge in [0.15, 0.2) is 5.82 Å². The Labute approximate surface area is 306 Å². The molecule has 4 heterocycles. The van der Waals surface area contributed by atoms with Crippen LogP contribution in [-0.2, 0) is 31.5 Å². The second kappa shape index (κ2) is 14.1. The van der Waals surface area contributed by atoms with E-state index in [1.165, 1.54) is 17.0 Å². The number of fused-ring (bicyclic) bond motifs is 3. The van der Waals surface area contributed by atoms with Crippen molar-refractivity contribution in [2.45, 2.75) is 101 Å². The fraction of sp³-hybridized carbons (Fsp3) is 0.528. The lowest BCUT2D eigenvalue weighted by Gasteiger charge is -2.29. The molecule has 5 atom stereocenters. The molecule has 0 unspecified atom stereocenters. The minimum Gasteiger partial charge on any atom is -0.471 e. The fourth-order valence-electron chi connectivity index (χ4n) is 7.14. The molecule has 0 spiro atoms. The van der Waals surface area contributed by atoms with Crippen LogP contribution in [0.15, 0.2) is 36.4 Å². The number of carbonyl (C=O) groups excluding carboxylic acids is 4. The van der Waals surface area contributed by atoms with Crippen molar-refractivity contribution in [3.8, 4) is 5.88 Å². The van der Waals surface area contributed by atoms with E-state index in [1.807, 2.05) is 12.2 Å². The quantitative estimate of drug-likeness (QED) is 0.302. The van der Waals surface area contributed by atoms with Gasteiger partial charge in [0.1, 0.15) is 40.6 Å². The van der Waals surface area contributed by atoms with E-state index in [4.69, 9.17) is 4.74 Å². The zero-order valence-corrected chi connectivity index (χ0v) is 30.6. The highest BCUT2D eigenvalue weighted by Gasteiger charge is 2.62. The number of rotatable bonds is 7. The molecule has 4 aliphatic rings. The molecule has 0 bridgehead atoms. The molecule has 2 aliphatic heterocycles. The molecule has 2 saturated carbocycles. The molecule has 282 valence electrons. The minimum atomic E-state index is -3.91. The molecule has 3 fully saturated rings. The number of allylic oxidation sites excluding steroid dienone is 1. The van der Waals surface area contributed by atoms with Crippen molar-refractivity contribution >= 4 is 44.7 Å². The van der Waals surface area contributed by atoms with Crippen LogP contribution in [0.4, 0.5) is 4.39 Å². The van der Waals surface area contributed by atoms with Crippen LogP contribution in [0.3, 0.4) is 0 Å². The molecule has 3 aromatic rings. The van der Waals surface area contributed by atoms with E-state index in [-0.39, 0.29) is 36.5 Å². The van der Waals surface area contributed by atoms with Crippen molar-refractivity contribution in [3.05, 3.63) is 59.3 Å². The van der Waals surface area contributed by atoms with Crippen LogP contribution in [0.1, 0.15) is 79.7 Å². The predicted octanol–water partition coefficient (Wildman–Crippen LogP) is 2.27. The van der Waals surface area contributed by atoms with Crippen molar-refractivity contribution in [2.24, 2.45) is 13.0 Å². The second-order valence-electron chi connectivity index (χ2n) is 14.5. The lowest BCUT2D eigenvalue weighted by atomic mass is 10.0. The predicted molar refractivity (Wildman–Crippen MR) is 189 cm³/mol. The van der Waals surface area contributed by atoms with Crippen LogP contribution in [0, 0.1) is 25.6 Å². The summed E-state index contributed by atoms with van der Waals surface area (Å²) >= 11 is 0. The summed E-state index contributed by atoms with van der Waals surface area (Å²) in [6.07, 6.45) is 7.09. The molecule has 4 amide bonds. The highest BCUT2D eigenvalue weighted by Crippen LogP contribution is 2.46. The minimum absolute atomic E-state index is 0.00392. The highest BCUT2D eigenvalue weighted by atomic mass is 32.2. The Balaban J connectivity index is 1.20. The Kier molecular flexibility index (Phi) is 9.72. The maximum atomic E-state index is 14.7. The van der Waals surface area contributed by atoms with Gasteiger partial charge in [0.2, 0.25) is 27.7 Å². The van der Waals surface area contributed by atoms with Crippen molar-refractivity contribution < 1.29 is 36.7 Å². The maximum absolute atomic E-state index is 14.7. The van der Waals surface area contributed by atoms with Crippen LogP contribution in [0.25, 0.3) is 11.0 Å². The van der Waals surface area contributed by atoms with E-state index >= 15 is 0 Å². The number of aromatic nitrogens is 4. The average molecular weight is 751 g/mol. The first-order valence-corrected chi connectivity index (χ1v) is 19.6. The summed E-state index contributed by atoms with van der Waals surface area (Å²) in [4.78, 5) is 66.0. The van der Waals surface area contributed by atoms with Crippen LogP contribution >= 0.6 is 0 Å². The standard InChI is InChI=1S/C36H43FN8O7S/c1-20-16-28(42-44(20)3)31(46)39-27-12-8-6-4-5-7-10-22-18-36(22,35(49)43-53(50,51)24-14-15-24)41-32(47)29-17-23(19-45(29)34(27)48)52-33-21(2)38-26-13-9-11-25(37)30(26)40-33/h7,9-11,13,16,22-24,27,29H,4-6,8,12,14-15,17-19H2,1-3H3,(H,39,46)(H,41,47)(H,43,49)/t22-,23-,27+,29+,36-/m1/s1. The van der Waals surface area contributed by atoms with E-state index in [2.05, 4.69) is 30.4 Å². The normalized spacial score (nSPS) is 26.5. The van der Waals surface area contributed by atoms with E-state index in [0.29, 0.717) is 43.3 Å². The van der Waals surface area contributed by atoms with Gasteiger partial charge in [-0.1, -0.05) is 31.1 Å². The second-order valence-corrected chi connectivity index (χ2v) is 16.5. The van der Waals surface area contributed by atoms with Crippen molar-refractivity contribution in [2.75, 3.05) is 6.54 Å². The van der Waals surface area contributed by atoms with Gasteiger partial charge in [-0.3, -0.25) is 28.6 Å². The van der Waals surface area contributed by atoms with Gasteiger partial charge < -0.3 is 20.3 Å². The van der Waals surface area contributed by atoms with Gasteiger partial charge in [-0.05, 0) is 70.6 Å².